The van der Waals surface area contributed by atoms with E-state index in [2.05, 4.69) is 92.9 Å². The highest BCUT2D eigenvalue weighted by atomic mass is 16.3. The summed E-state index contributed by atoms with van der Waals surface area (Å²) in [5.41, 5.74) is 17.5. The number of aromatic hydroxyl groups is 1. The first kappa shape index (κ1) is 24.3. The van der Waals surface area contributed by atoms with Crippen LogP contribution >= 0.6 is 0 Å². The second kappa shape index (κ2) is 8.98. The van der Waals surface area contributed by atoms with Gasteiger partial charge in [-0.15, -0.1) is 0 Å². The predicted molar refractivity (Wildman–Crippen MR) is 174 cm³/mol. The van der Waals surface area contributed by atoms with Crippen LogP contribution in [0.15, 0.2) is 154 Å². The molecular formula is C39H26N2O. The van der Waals surface area contributed by atoms with Gasteiger partial charge in [0, 0.05) is 44.6 Å². The van der Waals surface area contributed by atoms with E-state index in [9.17, 15) is 5.11 Å². The van der Waals surface area contributed by atoms with E-state index < -0.39 is 0 Å². The molecule has 4 aromatic rings. The first-order valence-corrected chi connectivity index (χ1v) is 14.0. The van der Waals surface area contributed by atoms with E-state index in [-0.39, 0.29) is 5.75 Å². The number of rotatable bonds is 3. The molecule has 0 aromatic heterocycles. The van der Waals surface area contributed by atoms with E-state index in [1.54, 1.807) is 12.1 Å². The lowest BCUT2D eigenvalue weighted by Gasteiger charge is -2.14. The Morgan fingerprint density at radius 3 is 1.45 bits per heavy atom. The van der Waals surface area contributed by atoms with Crippen LogP contribution in [-0.4, -0.2) is 16.5 Å². The fraction of sp³-hybridized carbons (Fsp3) is 0.0256. The number of hydrogen-bond acceptors (Lipinski definition) is 3. The van der Waals surface area contributed by atoms with Crippen LogP contribution in [0, 0.1) is 6.92 Å². The highest BCUT2D eigenvalue weighted by Gasteiger charge is 2.43. The van der Waals surface area contributed by atoms with Crippen molar-refractivity contribution in [2.75, 3.05) is 0 Å². The minimum absolute atomic E-state index is 0.237. The van der Waals surface area contributed by atoms with Gasteiger partial charge < -0.3 is 5.11 Å². The van der Waals surface area contributed by atoms with Gasteiger partial charge in [-0.05, 0) is 65.6 Å². The highest BCUT2D eigenvalue weighted by Crippen LogP contribution is 2.57. The molecule has 3 heteroatoms. The zero-order valence-electron chi connectivity index (χ0n) is 23.1. The normalized spacial score (nSPS) is 18.5. The number of fused-ring (bicyclic) bond motifs is 6. The third kappa shape index (κ3) is 3.54. The lowest BCUT2D eigenvalue weighted by Crippen LogP contribution is -1.96. The number of phenolic OH excluding ortho intramolecular Hbond substituents is 1. The zero-order valence-corrected chi connectivity index (χ0v) is 23.1. The topological polar surface area (TPSA) is 45.0 Å². The van der Waals surface area contributed by atoms with Crippen molar-refractivity contribution in [2.24, 2.45) is 9.98 Å². The summed E-state index contributed by atoms with van der Waals surface area (Å²) in [4.78, 5) is 10.3. The van der Waals surface area contributed by atoms with Crippen LogP contribution in [0.3, 0.4) is 0 Å². The molecule has 0 atom stereocenters. The van der Waals surface area contributed by atoms with Crippen LogP contribution in [0.25, 0.3) is 23.3 Å². The van der Waals surface area contributed by atoms with Crippen molar-refractivity contribution in [2.45, 2.75) is 6.92 Å². The maximum absolute atomic E-state index is 9.86. The molecule has 198 valence electrons. The van der Waals surface area contributed by atoms with Crippen molar-refractivity contribution in [3.63, 3.8) is 0 Å². The van der Waals surface area contributed by atoms with E-state index in [4.69, 9.17) is 9.98 Å². The summed E-state index contributed by atoms with van der Waals surface area (Å²) in [5, 5.41) is 9.86. The Bertz CT molecular complexity index is 1940. The van der Waals surface area contributed by atoms with Crippen LogP contribution in [0.2, 0.25) is 0 Å². The maximum Gasteiger partial charge on any atom is 0.115 e. The zero-order chi connectivity index (χ0) is 28.5. The Labute approximate surface area is 245 Å². The molecule has 3 nitrogen and oxygen atoms in total. The molecule has 0 bridgehead atoms. The average molecular weight is 539 g/mol. The van der Waals surface area contributed by atoms with Crippen LogP contribution in [0.1, 0.15) is 27.8 Å². The third-order valence-electron chi connectivity index (χ3n) is 8.39. The van der Waals surface area contributed by atoms with Gasteiger partial charge in [0.25, 0.3) is 0 Å². The SMILES string of the molecule is C=C1C(C2=C3C(=Nc4ccccc43)/C(=C\c3ccc(O)cc3)C2=C)=C2C(=Nc3ccccc32)/C1=C\c1ccc(C)cc1. The molecule has 0 saturated heterocycles. The molecular weight excluding hydrogens is 512 g/mol. The summed E-state index contributed by atoms with van der Waals surface area (Å²) in [5.74, 6) is 0.237. The van der Waals surface area contributed by atoms with E-state index in [0.717, 1.165) is 89.6 Å². The van der Waals surface area contributed by atoms with Crippen molar-refractivity contribution in [1.82, 2.24) is 0 Å². The number of allylic oxidation sites excluding steroid dienone is 8. The van der Waals surface area contributed by atoms with Crippen molar-refractivity contribution in [3.8, 4) is 5.75 Å². The van der Waals surface area contributed by atoms with Crippen LogP contribution in [-0.2, 0) is 0 Å². The van der Waals surface area contributed by atoms with Gasteiger partial charge >= 0.3 is 0 Å². The summed E-state index contributed by atoms with van der Waals surface area (Å²) in [6, 6.07) is 32.4. The Kier molecular flexibility index (Phi) is 5.19. The predicted octanol–water partition coefficient (Wildman–Crippen LogP) is 9.39. The molecule has 4 aromatic carbocycles. The van der Waals surface area contributed by atoms with Crippen molar-refractivity contribution in [1.29, 1.82) is 0 Å². The number of benzene rings is 4. The molecule has 0 saturated carbocycles. The first-order chi connectivity index (χ1) is 20.5. The third-order valence-corrected chi connectivity index (χ3v) is 8.39. The summed E-state index contributed by atoms with van der Waals surface area (Å²) in [7, 11) is 0. The lowest BCUT2D eigenvalue weighted by molar-refractivity contribution is 0.475. The van der Waals surface area contributed by atoms with E-state index >= 15 is 0 Å². The smallest absolute Gasteiger partial charge is 0.115 e. The Morgan fingerprint density at radius 2 is 0.976 bits per heavy atom. The fourth-order valence-corrected chi connectivity index (χ4v) is 6.36. The summed E-state index contributed by atoms with van der Waals surface area (Å²) in [6.07, 6.45) is 4.32. The molecule has 8 rings (SSSR count). The van der Waals surface area contributed by atoms with Gasteiger partial charge in [0.2, 0.25) is 0 Å². The summed E-state index contributed by atoms with van der Waals surface area (Å²) in [6.45, 7) is 11.4. The second-order valence-electron chi connectivity index (χ2n) is 11.0. The molecule has 0 unspecified atom stereocenters. The van der Waals surface area contributed by atoms with Crippen molar-refractivity contribution < 1.29 is 5.11 Å². The lowest BCUT2D eigenvalue weighted by atomic mass is 9.88. The van der Waals surface area contributed by atoms with Crippen molar-refractivity contribution in [3.05, 3.63) is 171 Å². The minimum atomic E-state index is 0.237. The number of nitrogens with zero attached hydrogens (tertiary/aromatic N) is 2. The molecule has 4 aliphatic rings. The molecule has 0 amide bonds. The minimum Gasteiger partial charge on any atom is -0.508 e. The number of aliphatic imine (C=N–C) groups is 2. The van der Waals surface area contributed by atoms with Crippen LogP contribution in [0.4, 0.5) is 11.4 Å². The van der Waals surface area contributed by atoms with E-state index in [0.29, 0.717) is 0 Å². The summed E-state index contributed by atoms with van der Waals surface area (Å²) < 4.78 is 0. The quantitative estimate of drug-likeness (QED) is 0.277. The molecule has 2 aliphatic carbocycles. The molecule has 42 heavy (non-hydrogen) atoms. The number of hydrogen-bond donors (Lipinski definition) is 1. The second-order valence-corrected chi connectivity index (χ2v) is 11.0. The Morgan fingerprint density at radius 1 is 0.548 bits per heavy atom. The van der Waals surface area contributed by atoms with Crippen molar-refractivity contribution >= 4 is 46.1 Å². The fourth-order valence-electron chi connectivity index (χ4n) is 6.36. The molecule has 0 radical (unpaired) electrons. The van der Waals surface area contributed by atoms with Gasteiger partial charge in [-0.3, -0.25) is 0 Å². The first-order valence-electron chi connectivity index (χ1n) is 14.0. The number of para-hydroxylation sites is 2. The van der Waals surface area contributed by atoms with Gasteiger partial charge in [-0.25, -0.2) is 9.98 Å². The van der Waals surface area contributed by atoms with Gasteiger partial charge in [0.15, 0.2) is 0 Å². The molecule has 2 heterocycles. The monoisotopic (exact) mass is 538 g/mol. The van der Waals surface area contributed by atoms with Gasteiger partial charge in [0.1, 0.15) is 5.75 Å². The van der Waals surface area contributed by atoms with E-state index in [1.807, 2.05) is 24.3 Å². The molecule has 0 spiro atoms. The number of phenols is 1. The van der Waals surface area contributed by atoms with Gasteiger partial charge in [-0.2, -0.15) is 0 Å². The summed E-state index contributed by atoms with van der Waals surface area (Å²) >= 11 is 0. The van der Waals surface area contributed by atoms with Crippen LogP contribution in [0.5, 0.6) is 5.75 Å². The molecule has 1 N–H and O–H groups in total. The largest absolute Gasteiger partial charge is 0.508 e. The standard InChI is InChI=1S/C39H26N2O/c1-22-12-14-25(15-13-22)20-30-23(2)34(36-28-8-4-6-10-32(28)40-38(30)36)35-24(3)31(21-26-16-18-27(42)19-17-26)39-37(35)29-9-5-7-11-33(29)41-39/h4-21,42H,2-3H2,1H3/b30-20-,31-21-. The van der Waals surface area contributed by atoms with Gasteiger partial charge in [-0.1, -0.05) is 91.5 Å². The Balaban J connectivity index is 1.38. The average Bonchev–Trinajstić information content (AvgIpc) is 3.70. The molecule has 2 aliphatic heterocycles. The van der Waals surface area contributed by atoms with E-state index in [1.165, 1.54) is 5.56 Å². The number of aryl methyl sites for hydroxylation is 1. The molecule has 0 fully saturated rings. The highest BCUT2D eigenvalue weighted by molar-refractivity contribution is 6.48. The maximum atomic E-state index is 9.86. The van der Waals surface area contributed by atoms with Crippen LogP contribution < -0.4 is 0 Å². The Hall–Kier alpha value is -5.54. The van der Waals surface area contributed by atoms with Gasteiger partial charge in [0.05, 0.1) is 22.8 Å².